The van der Waals surface area contributed by atoms with Crippen LogP contribution in [0.1, 0.15) is 30.4 Å². The number of nitrogens with one attached hydrogen (secondary N) is 1. The molecule has 0 saturated carbocycles. The van der Waals surface area contributed by atoms with Crippen LogP contribution in [0.2, 0.25) is 0 Å². The summed E-state index contributed by atoms with van der Waals surface area (Å²) in [5.74, 6) is -0.511. The lowest BCUT2D eigenvalue weighted by atomic mass is 10.0. The fourth-order valence-electron chi connectivity index (χ4n) is 3.98. The molecule has 2 aromatic carbocycles. The molecule has 0 unspecified atom stereocenters. The quantitative estimate of drug-likeness (QED) is 0.436. The van der Waals surface area contributed by atoms with Gasteiger partial charge in [-0.3, -0.25) is 9.20 Å². The number of carbonyl (C=O) groups excluding carboxylic acids is 1. The number of fused-ring (bicyclic) bond motifs is 2. The van der Waals surface area contributed by atoms with Gasteiger partial charge in [0, 0.05) is 30.4 Å². The third-order valence-electron chi connectivity index (χ3n) is 5.61. The number of rotatable bonds is 4. The standard InChI is InChI=1S/C24H22FN7O/c1-13(2)32-12-28-17-9-6-15(10-19(17)32)21-20(14-4-7-16(25)8-5-14)30-22(26)23-29-18(11-31(21)23)24(33)27-3/h4-13H,1-3H3,(H2,26,30)(H,27,33). The van der Waals surface area contributed by atoms with Crippen molar-refractivity contribution in [3.63, 3.8) is 0 Å². The van der Waals surface area contributed by atoms with Crippen molar-refractivity contribution in [1.82, 2.24) is 29.2 Å². The van der Waals surface area contributed by atoms with Crippen LogP contribution in [0, 0.1) is 5.82 Å². The number of benzene rings is 2. The van der Waals surface area contributed by atoms with E-state index < -0.39 is 0 Å². The van der Waals surface area contributed by atoms with E-state index in [1.807, 2.05) is 24.5 Å². The van der Waals surface area contributed by atoms with Crippen LogP contribution < -0.4 is 11.1 Å². The molecule has 0 bridgehead atoms. The second kappa shape index (κ2) is 7.70. The maximum atomic E-state index is 13.6. The van der Waals surface area contributed by atoms with Crippen LogP contribution >= 0.6 is 0 Å². The number of nitrogens with zero attached hydrogens (tertiary/aromatic N) is 5. The van der Waals surface area contributed by atoms with Gasteiger partial charge in [-0.2, -0.15) is 0 Å². The summed E-state index contributed by atoms with van der Waals surface area (Å²) in [6, 6.07) is 12.2. The number of halogens is 1. The molecule has 1 amide bonds. The Hall–Kier alpha value is -4.27. The monoisotopic (exact) mass is 443 g/mol. The van der Waals surface area contributed by atoms with Gasteiger partial charge in [0.15, 0.2) is 11.5 Å². The third kappa shape index (κ3) is 3.38. The Balaban J connectivity index is 1.86. The molecule has 0 aliphatic carbocycles. The highest BCUT2D eigenvalue weighted by molar-refractivity contribution is 5.94. The van der Waals surface area contributed by atoms with Gasteiger partial charge in [-0.1, -0.05) is 6.07 Å². The van der Waals surface area contributed by atoms with Crippen molar-refractivity contribution in [3.05, 3.63) is 66.5 Å². The van der Waals surface area contributed by atoms with Crippen LogP contribution in [0.4, 0.5) is 10.2 Å². The van der Waals surface area contributed by atoms with Crippen LogP contribution in [0.5, 0.6) is 0 Å². The van der Waals surface area contributed by atoms with Crippen LogP contribution in [-0.4, -0.2) is 36.9 Å². The fourth-order valence-corrected chi connectivity index (χ4v) is 3.98. The molecular weight excluding hydrogens is 421 g/mol. The van der Waals surface area contributed by atoms with Crippen LogP contribution in [0.25, 0.3) is 39.2 Å². The molecular formula is C24H22FN7O. The summed E-state index contributed by atoms with van der Waals surface area (Å²) in [5.41, 5.74) is 11.4. The molecule has 9 heteroatoms. The summed E-state index contributed by atoms with van der Waals surface area (Å²) in [5, 5.41) is 2.58. The van der Waals surface area contributed by atoms with Crippen molar-refractivity contribution >= 4 is 28.4 Å². The maximum Gasteiger partial charge on any atom is 0.271 e. The van der Waals surface area contributed by atoms with Crippen molar-refractivity contribution in [3.8, 4) is 22.5 Å². The first kappa shape index (κ1) is 20.6. The molecule has 0 spiro atoms. The van der Waals surface area contributed by atoms with E-state index in [2.05, 4.69) is 38.7 Å². The second-order valence-electron chi connectivity index (χ2n) is 8.05. The van der Waals surface area contributed by atoms with E-state index in [0.29, 0.717) is 22.6 Å². The highest BCUT2D eigenvalue weighted by atomic mass is 19.1. The van der Waals surface area contributed by atoms with E-state index in [9.17, 15) is 9.18 Å². The molecule has 166 valence electrons. The van der Waals surface area contributed by atoms with Crippen molar-refractivity contribution in [2.45, 2.75) is 19.9 Å². The first-order valence-electron chi connectivity index (χ1n) is 10.5. The maximum absolute atomic E-state index is 13.6. The predicted molar refractivity (Wildman–Crippen MR) is 125 cm³/mol. The summed E-state index contributed by atoms with van der Waals surface area (Å²) >= 11 is 0. The van der Waals surface area contributed by atoms with Gasteiger partial charge in [-0.25, -0.2) is 19.3 Å². The largest absolute Gasteiger partial charge is 0.381 e. The minimum Gasteiger partial charge on any atom is -0.381 e. The highest BCUT2D eigenvalue weighted by Crippen LogP contribution is 2.35. The van der Waals surface area contributed by atoms with E-state index in [4.69, 9.17) is 5.73 Å². The molecule has 8 nitrogen and oxygen atoms in total. The van der Waals surface area contributed by atoms with Gasteiger partial charge in [-0.05, 0) is 50.2 Å². The van der Waals surface area contributed by atoms with Crippen LogP contribution in [-0.2, 0) is 0 Å². The van der Waals surface area contributed by atoms with E-state index in [0.717, 1.165) is 16.6 Å². The molecule has 0 aliphatic rings. The van der Waals surface area contributed by atoms with Crippen LogP contribution in [0.3, 0.4) is 0 Å². The zero-order chi connectivity index (χ0) is 23.3. The van der Waals surface area contributed by atoms with Crippen molar-refractivity contribution < 1.29 is 9.18 Å². The second-order valence-corrected chi connectivity index (χ2v) is 8.05. The Morgan fingerprint density at radius 3 is 2.52 bits per heavy atom. The Bertz CT molecular complexity index is 1520. The first-order valence-corrected chi connectivity index (χ1v) is 10.5. The van der Waals surface area contributed by atoms with Gasteiger partial charge in [0.2, 0.25) is 0 Å². The number of anilines is 1. The molecule has 5 rings (SSSR count). The molecule has 0 fully saturated rings. The average molecular weight is 443 g/mol. The van der Waals surface area contributed by atoms with E-state index in [1.54, 1.807) is 29.8 Å². The number of nitrogens with two attached hydrogens (primary N) is 1. The van der Waals surface area contributed by atoms with Crippen molar-refractivity contribution in [2.75, 3.05) is 12.8 Å². The minimum atomic E-state index is -0.346. The SMILES string of the molecule is CNC(=O)c1cn2c(-c3ccc4ncn(C(C)C)c4c3)c(-c3ccc(F)cc3)nc(N)c2n1. The molecule has 33 heavy (non-hydrogen) atoms. The molecule has 0 radical (unpaired) electrons. The lowest BCUT2D eigenvalue weighted by molar-refractivity contribution is 0.0959. The smallest absolute Gasteiger partial charge is 0.271 e. The Labute approximate surface area is 188 Å². The van der Waals surface area contributed by atoms with E-state index >= 15 is 0 Å². The van der Waals surface area contributed by atoms with Gasteiger partial charge in [0.1, 0.15) is 11.5 Å². The number of nitrogen functional groups attached to an aromatic ring is 1. The Morgan fingerprint density at radius 1 is 1.09 bits per heavy atom. The highest BCUT2D eigenvalue weighted by Gasteiger charge is 2.21. The normalized spacial score (nSPS) is 11.5. The first-order chi connectivity index (χ1) is 15.9. The van der Waals surface area contributed by atoms with Gasteiger partial charge in [0.05, 0.1) is 28.7 Å². The zero-order valence-corrected chi connectivity index (χ0v) is 18.4. The summed E-state index contributed by atoms with van der Waals surface area (Å²) in [6.07, 6.45) is 3.45. The van der Waals surface area contributed by atoms with Crippen molar-refractivity contribution in [2.24, 2.45) is 0 Å². The summed E-state index contributed by atoms with van der Waals surface area (Å²) in [7, 11) is 1.54. The number of amides is 1. The third-order valence-corrected chi connectivity index (χ3v) is 5.61. The molecule has 5 aromatic rings. The molecule has 3 N–H and O–H groups in total. The average Bonchev–Trinajstić information content (AvgIpc) is 3.44. The molecule has 3 heterocycles. The molecule has 0 aliphatic heterocycles. The molecule has 3 aromatic heterocycles. The predicted octanol–water partition coefficient (Wildman–Crippen LogP) is 4.07. The van der Waals surface area contributed by atoms with E-state index in [1.165, 1.54) is 12.1 Å². The molecule has 0 atom stereocenters. The summed E-state index contributed by atoms with van der Waals surface area (Å²) in [6.45, 7) is 4.18. The fraction of sp³-hybridized carbons (Fsp3) is 0.167. The molecule has 0 saturated heterocycles. The number of imidazole rings is 2. The summed E-state index contributed by atoms with van der Waals surface area (Å²) < 4.78 is 17.5. The number of hydrogen-bond acceptors (Lipinski definition) is 5. The number of aromatic nitrogens is 5. The lowest BCUT2D eigenvalue weighted by Crippen LogP contribution is -2.17. The van der Waals surface area contributed by atoms with Gasteiger partial charge >= 0.3 is 0 Å². The van der Waals surface area contributed by atoms with Gasteiger partial charge in [0.25, 0.3) is 5.91 Å². The van der Waals surface area contributed by atoms with E-state index in [-0.39, 0.29) is 29.3 Å². The number of carbonyl (C=O) groups is 1. The minimum absolute atomic E-state index is 0.168. The zero-order valence-electron chi connectivity index (χ0n) is 18.4. The van der Waals surface area contributed by atoms with Crippen molar-refractivity contribution in [1.29, 1.82) is 0 Å². The Kier molecular flexibility index (Phi) is 4.81. The Morgan fingerprint density at radius 2 is 1.82 bits per heavy atom. The number of hydrogen-bond donors (Lipinski definition) is 2. The van der Waals surface area contributed by atoms with Crippen LogP contribution in [0.15, 0.2) is 55.0 Å². The topological polar surface area (TPSA) is 103 Å². The van der Waals surface area contributed by atoms with Gasteiger partial charge < -0.3 is 15.6 Å². The summed E-state index contributed by atoms with van der Waals surface area (Å²) in [4.78, 5) is 25.8. The van der Waals surface area contributed by atoms with Gasteiger partial charge in [-0.15, -0.1) is 0 Å². The lowest BCUT2D eigenvalue weighted by Gasteiger charge is -2.15.